The summed E-state index contributed by atoms with van der Waals surface area (Å²) in [5.41, 5.74) is 16.4. The average molecular weight is 254 g/mol. The Morgan fingerprint density at radius 2 is 1.32 bits per heavy atom. The standard InChI is InChI=1S/C17H22N2/c1-12(13(2)19)15-7-9-17(10-8-15)16-5-3-14(11-18)4-6-16/h3-10,12-13H,11,18-19H2,1-2H3. The van der Waals surface area contributed by atoms with Crippen LogP contribution >= 0.6 is 0 Å². The molecule has 0 saturated heterocycles. The molecule has 19 heavy (non-hydrogen) atoms. The van der Waals surface area contributed by atoms with E-state index in [1.807, 2.05) is 6.92 Å². The van der Waals surface area contributed by atoms with Gasteiger partial charge in [-0.25, -0.2) is 0 Å². The molecule has 0 radical (unpaired) electrons. The summed E-state index contributed by atoms with van der Waals surface area (Å²) in [7, 11) is 0. The highest BCUT2D eigenvalue weighted by Crippen LogP contribution is 2.24. The van der Waals surface area contributed by atoms with Crippen LogP contribution in [0.4, 0.5) is 0 Å². The highest BCUT2D eigenvalue weighted by Gasteiger charge is 2.09. The van der Waals surface area contributed by atoms with Crippen molar-refractivity contribution < 1.29 is 0 Å². The Hall–Kier alpha value is -1.64. The molecular formula is C17H22N2. The monoisotopic (exact) mass is 254 g/mol. The van der Waals surface area contributed by atoms with Gasteiger partial charge < -0.3 is 11.5 Å². The lowest BCUT2D eigenvalue weighted by molar-refractivity contribution is 0.613. The lowest BCUT2D eigenvalue weighted by atomic mass is 9.93. The topological polar surface area (TPSA) is 52.0 Å². The summed E-state index contributed by atoms with van der Waals surface area (Å²) in [6, 6.07) is 17.2. The molecule has 0 spiro atoms. The predicted octanol–water partition coefficient (Wildman–Crippen LogP) is 3.26. The first-order valence-electron chi connectivity index (χ1n) is 6.76. The molecule has 0 aromatic heterocycles. The maximum atomic E-state index is 5.94. The summed E-state index contributed by atoms with van der Waals surface area (Å²) in [5, 5.41) is 0. The molecule has 2 heteroatoms. The second-order valence-electron chi connectivity index (χ2n) is 5.17. The van der Waals surface area contributed by atoms with E-state index in [-0.39, 0.29) is 6.04 Å². The molecule has 2 nitrogen and oxygen atoms in total. The summed E-state index contributed by atoms with van der Waals surface area (Å²) < 4.78 is 0. The minimum absolute atomic E-state index is 0.176. The van der Waals surface area contributed by atoms with E-state index in [0.717, 1.165) is 5.56 Å². The first-order chi connectivity index (χ1) is 9.11. The molecule has 2 aromatic rings. The van der Waals surface area contributed by atoms with Crippen LogP contribution in [0.1, 0.15) is 30.9 Å². The summed E-state index contributed by atoms with van der Waals surface area (Å²) in [6.07, 6.45) is 0. The molecule has 2 aromatic carbocycles. The van der Waals surface area contributed by atoms with Gasteiger partial charge in [-0.05, 0) is 35.1 Å². The van der Waals surface area contributed by atoms with Gasteiger partial charge >= 0.3 is 0 Å². The Morgan fingerprint density at radius 3 is 1.74 bits per heavy atom. The van der Waals surface area contributed by atoms with Crippen LogP contribution < -0.4 is 11.5 Å². The van der Waals surface area contributed by atoms with E-state index in [9.17, 15) is 0 Å². The lowest BCUT2D eigenvalue weighted by Crippen LogP contribution is -2.22. The Kier molecular flexibility index (Phi) is 4.35. The molecule has 0 heterocycles. The van der Waals surface area contributed by atoms with Crippen molar-refractivity contribution in [2.24, 2.45) is 11.5 Å². The minimum Gasteiger partial charge on any atom is -0.327 e. The SMILES string of the molecule is CC(N)C(C)c1ccc(-c2ccc(CN)cc2)cc1. The van der Waals surface area contributed by atoms with Gasteiger partial charge in [0.25, 0.3) is 0 Å². The molecule has 0 fully saturated rings. The second-order valence-corrected chi connectivity index (χ2v) is 5.17. The van der Waals surface area contributed by atoms with Gasteiger partial charge in [0.05, 0.1) is 0 Å². The van der Waals surface area contributed by atoms with Gasteiger partial charge in [-0.3, -0.25) is 0 Å². The zero-order valence-electron chi connectivity index (χ0n) is 11.6. The summed E-state index contributed by atoms with van der Waals surface area (Å²) >= 11 is 0. The number of rotatable bonds is 4. The van der Waals surface area contributed by atoms with Gasteiger partial charge in [0.15, 0.2) is 0 Å². The summed E-state index contributed by atoms with van der Waals surface area (Å²) in [5.74, 6) is 0.383. The second kappa shape index (κ2) is 6.00. The highest BCUT2D eigenvalue weighted by molar-refractivity contribution is 5.64. The zero-order chi connectivity index (χ0) is 13.8. The van der Waals surface area contributed by atoms with Gasteiger partial charge in [-0.1, -0.05) is 55.5 Å². The molecule has 0 amide bonds. The summed E-state index contributed by atoms with van der Waals surface area (Å²) in [6.45, 7) is 4.80. The van der Waals surface area contributed by atoms with Gasteiger partial charge in [0.1, 0.15) is 0 Å². The number of hydrogen-bond acceptors (Lipinski definition) is 2. The molecule has 4 N–H and O–H groups in total. The van der Waals surface area contributed by atoms with Gasteiger partial charge in [-0.15, -0.1) is 0 Å². The Morgan fingerprint density at radius 1 is 0.842 bits per heavy atom. The molecule has 2 unspecified atom stereocenters. The largest absolute Gasteiger partial charge is 0.327 e. The van der Waals surface area contributed by atoms with E-state index in [1.165, 1.54) is 16.7 Å². The Balaban J connectivity index is 2.22. The molecule has 0 bridgehead atoms. The van der Waals surface area contributed by atoms with E-state index < -0.39 is 0 Å². The summed E-state index contributed by atoms with van der Waals surface area (Å²) in [4.78, 5) is 0. The highest BCUT2D eigenvalue weighted by atomic mass is 14.6. The van der Waals surface area contributed by atoms with Crippen LogP contribution in [0.3, 0.4) is 0 Å². The van der Waals surface area contributed by atoms with E-state index >= 15 is 0 Å². The molecule has 0 saturated carbocycles. The van der Waals surface area contributed by atoms with Crippen LogP contribution in [-0.4, -0.2) is 6.04 Å². The van der Waals surface area contributed by atoms with Crippen LogP contribution in [0.2, 0.25) is 0 Å². The van der Waals surface area contributed by atoms with Crippen molar-refractivity contribution in [1.29, 1.82) is 0 Å². The number of hydrogen-bond donors (Lipinski definition) is 2. The van der Waals surface area contributed by atoms with Crippen LogP contribution in [0.15, 0.2) is 48.5 Å². The Bertz CT molecular complexity index is 512. The minimum atomic E-state index is 0.176. The van der Waals surface area contributed by atoms with Gasteiger partial charge in [0.2, 0.25) is 0 Å². The fraction of sp³-hybridized carbons (Fsp3) is 0.294. The molecule has 100 valence electrons. The van der Waals surface area contributed by atoms with Crippen molar-refractivity contribution in [1.82, 2.24) is 0 Å². The third kappa shape index (κ3) is 3.22. The molecule has 2 atom stereocenters. The smallest absolute Gasteiger partial charge is 0.0178 e. The molecular weight excluding hydrogens is 232 g/mol. The van der Waals surface area contributed by atoms with Crippen molar-refractivity contribution in [3.8, 4) is 11.1 Å². The Labute approximate surface area is 115 Å². The normalized spacial score (nSPS) is 14.1. The van der Waals surface area contributed by atoms with Crippen molar-refractivity contribution in [2.45, 2.75) is 32.4 Å². The first-order valence-corrected chi connectivity index (χ1v) is 6.76. The molecule has 2 rings (SSSR count). The van der Waals surface area contributed by atoms with Crippen molar-refractivity contribution >= 4 is 0 Å². The third-order valence-corrected chi connectivity index (χ3v) is 3.75. The van der Waals surface area contributed by atoms with E-state index in [1.54, 1.807) is 0 Å². The zero-order valence-corrected chi connectivity index (χ0v) is 11.6. The fourth-order valence-electron chi connectivity index (χ4n) is 2.12. The first kappa shape index (κ1) is 13.8. The van der Waals surface area contributed by atoms with E-state index in [2.05, 4.69) is 55.5 Å². The van der Waals surface area contributed by atoms with Crippen LogP contribution in [-0.2, 0) is 6.54 Å². The van der Waals surface area contributed by atoms with Gasteiger partial charge in [-0.2, -0.15) is 0 Å². The maximum Gasteiger partial charge on any atom is 0.0178 e. The van der Waals surface area contributed by atoms with Crippen molar-refractivity contribution in [3.63, 3.8) is 0 Å². The van der Waals surface area contributed by atoms with E-state index in [4.69, 9.17) is 11.5 Å². The van der Waals surface area contributed by atoms with Crippen molar-refractivity contribution in [3.05, 3.63) is 59.7 Å². The molecule has 0 aliphatic carbocycles. The lowest BCUT2D eigenvalue weighted by Gasteiger charge is -2.16. The number of benzene rings is 2. The van der Waals surface area contributed by atoms with E-state index in [0.29, 0.717) is 12.5 Å². The van der Waals surface area contributed by atoms with Crippen LogP contribution in [0.25, 0.3) is 11.1 Å². The van der Waals surface area contributed by atoms with Crippen LogP contribution in [0, 0.1) is 0 Å². The number of nitrogens with two attached hydrogens (primary N) is 2. The maximum absolute atomic E-state index is 5.94. The molecule has 0 aliphatic heterocycles. The van der Waals surface area contributed by atoms with Gasteiger partial charge in [0, 0.05) is 12.6 Å². The molecule has 0 aliphatic rings. The third-order valence-electron chi connectivity index (χ3n) is 3.75. The fourth-order valence-corrected chi connectivity index (χ4v) is 2.12. The quantitative estimate of drug-likeness (QED) is 0.880. The van der Waals surface area contributed by atoms with Crippen LogP contribution in [0.5, 0.6) is 0 Å². The predicted molar refractivity (Wildman–Crippen MR) is 81.8 cm³/mol. The van der Waals surface area contributed by atoms with Crippen molar-refractivity contribution in [2.75, 3.05) is 0 Å². The average Bonchev–Trinajstić information content (AvgIpc) is 2.46.